The third-order valence-electron chi connectivity index (χ3n) is 4.42. The van der Waals surface area contributed by atoms with Gasteiger partial charge >= 0.3 is 0 Å². The second-order valence-corrected chi connectivity index (χ2v) is 7.98. The molecule has 0 spiro atoms. The predicted molar refractivity (Wildman–Crippen MR) is 108 cm³/mol. The summed E-state index contributed by atoms with van der Waals surface area (Å²) in [6, 6.07) is 8.90. The lowest BCUT2D eigenvalue weighted by molar-refractivity contribution is -0.123. The zero-order valence-corrected chi connectivity index (χ0v) is 17.3. The van der Waals surface area contributed by atoms with E-state index in [1.165, 1.54) is 0 Å². The van der Waals surface area contributed by atoms with Crippen LogP contribution in [0.3, 0.4) is 0 Å². The number of nitrogens with one attached hydrogen (secondary N) is 2. The smallest absolute Gasteiger partial charge is 0.290 e. The minimum Gasteiger partial charge on any atom is -0.490 e. The fraction of sp³-hybridized carbons (Fsp3) is 0.476. The number of para-hydroxylation sites is 2. The van der Waals surface area contributed by atoms with Gasteiger partial charge in [-0.2, -0.15) is 5.10 Å². The number of nitrogens with zero attached hydrogens (tertiary/aromatic N) is 2. The maximum atomic E-state index is 12.4. The molecule has 0 bridgehead atoms. The molecule has 1 aliphatic rings. The molecule has 0 unspecified atom stereocenters. The summed E-state index contributed by atoms with van der Waals surface area (Å²) in [5.74, 6) is 0.540. The molecule has 8 heteroatoms. The molecule has 1 aromatic heterocycles. The van der Waals surface area contributed by atoms with Gasteiger partial charge in [-0.25, -0.2) is 0 Å². The maximum Gasteiger partial charge on any atom is 0.290 e. The van der Waals surface area contributed by atoms with Crippen molar-refractivity contribution < 1.29 is 19.1 Å². The van der Waals surface area contributed by atoms with E-state index in [-0.39, 0.29) is 17.8 Å². The molecule has 29 heavy (non-hydrogen) atoms. The van der Waals surface area contributed by atoms with Crippen LogP contribution in [0, 0.1) is 0 Å². The van der Waals surface area contributed by atoms with E-state index >= 15 is 0 Å². The van der Waals surface area contributed by atoms with Gasteiger partial charge in [0.25, 0.3) is 11.8 Å². The Morgan fingerprint density at radius 2 is 1.79 bits per heavy atom. The number of amides is 2. The van der Waals surface area contributed by atoms with Crippen molar-refractivity contribution in [3.63, 3.8) is 0 Å². The summed E-state index contributed by atoms with van der Waals surface area (Å²) in [6.07, 6.45) is 2.22. The Balaban J connectivity index is 1.55. The van der Waals surface area contributed by atoms with Gasteiger partial charge in [-0.05, 0) is 58.7 Å². The summed E-state index contributed by atoms with van der Waals surface area (Å²) in [4.78, 5) is 24.5. The number of hydrogen-bond donors (Lipinski definition) is 2. The Morgan fingerprint density at radius 1 is 1.14 bits per heavy atom. The van der Waals surface area contributed by atoms with E-state index in [9.17, 15) is 9.59 Å². The molecule has 3 rings (SSSR count). The van der Waals surface area contributed by atoms with E-state index in [0.717, 1.165) is 18.5 Å². The number of carbonyl (C=O) groups is 2. The van der Waals surface area contributed by atoms with Crippen molar-refractivity contribution in [3.8, 4) is 11.5 Å². The van der Waals surface area contributed by atoms with Gasteiger partial charge in [0.05, 0.1) is 12.1 Å². The van der Waals surface area contributed by atoms with Gasteiger partial charge in [-0.3, -0.25) is 25.1 Å². The Labute approximate surface area is 170 Å². The average molecular weight is 400 g/mol. The molecule has 156 valence electrons. The van der Waals surface area contributed by atoms with Crippen LogP contribution in [-0.4, -0.2) is 34.8 Å². The van der Waals surface area contributed by atoms with Crippen LogP contribution in [0.2, 0.25) is 0 Å². The lowest BCUT2D eigenvalue weighted by Gasteiger charge is -2.22. The number of aromatic nitrogens is 2. The highest BCUT2D eigenvalue weighted by molar-refractivity contribution is 5.94. The first-order valence-electron chi connectivity index (χ1n) is 9.84. The largest absolute Gasteiger partial charge is 0.490 e. The van der Waals surface area contributed by atoms with Gasteiger partial charge in [0.15, 0.2) is 23.8 Å². The number of benzene rings is 1. The normalized spacial score (nSPS) is 13.7. The van der Waals surface area contributed by atoms with Crippen LogP contribution < -0.4 is 20.3 Å². The lowest BCUT2D eigenvalue weighted by Crippen LogP contribution is -2.44. The van der Waals surface area contributed by atoms with Crippen molar-refractivity contribution in [3.05, 3.63) is 41.7 Å². The standard InChI is InChI=1S/C21H28N4O4/c1-5-28-17-8-6-7-9-18(17)29-13-19(26)22-23-20(27)15-12-16(14-10-11-14)25(24-15)21(2,3)4/h6-9,12,14H,5,10-11,13H2,1-4H3,(H,22,26)(H,23,27). The predicted octanol–water partition coefficient (Wildman–Crippen LogP) is 2.75. The van der Waals surface area contributed by atoms with Crippen LogP contribution >= 0.6 is 0 Å². The van der Waals surface area contributed by atoms with Crippen LogP contribution in [0.25, 0.3) is 0 Å². The second-order valence-electron chi connectivity index (χ2n) is 7.98. The number of hydrazine groups is 1. The summed E-state index contributed by atoms with van der Waals surface area (Å²) in [5, 5.41) is 4.45. The molecule has 1 aromatic carbocycles. The van der Waals surface area contributed by atoms with Gasteiger partial charge in [-0.15, -0.1) is 0 Å². The minimum absolute atomic E-state index is 0.221. The van der Waals surface area contributed by atoms with Crippen molar-refractivity contribution >= 4 is 11.8 Å². The first-order valence-corrected chi connectivity index (χ1v) is 9.84. The zero-order chi connectivity index (χ0) is 21.0. The van der Waals surface area contributed by atoms with Gasteiger partial charge in [0, 0.05) is 11.6 Å². The van der Waals surface area contributed by atoms with E-state index in [1.807, 2.05) is 38.4 Å². The quantitative estimate of drug-likeness (QED) is 0.697. The van der Waals surface area contributed by atoms with Crippen LogP contribution in [0.5, 0.6) is 11.5 Å². The van der Waals surface area contributed by atoms with Crippen LogP contribution in [-0.2, 0) is 10.3 Å². The van der Waals surface area contributed by atoms with Crippen molar-refractivity contribution in [1.29, 1.82) is 0 Å². The summed E-state index contributed by atoms with van der Waals surface area (Å²) in [6.45, 7) is 8.25. The molecular formula is C21H28N4O4. The highest BCUT2D eigenvalue weighted by atomic mass is 16.5. The monoisotopic (exact) mass is 400 g/mol. The van der Waals surface area contributed by atoms with Crippen LogP contribution in [0.1, 0.15) is 62.6 Å². The molecule has 1 fully saturated rings. The average Bonchev–Trinajstić information content (AvgIpc) is 3.42. The maximum absolute atomic E-state index is 12.4. The molecule has 2 N–H and O–H groups in total. The molecular weight excluding hydrogens is 372 g/mol. The third-order valence-corrected chi connectivity index (χ3v) is 4.42. The summed E-state index contributed by atoms with van der Waals surface area (Å²) >= 11 is 0. The molecule has 2 amide bonds. The third kappa shape index (κ3) is 5.28. The molecule has 0 aliphatic heterocycles. The molecule has 2 aromatic rings. The van der Waals surface area contributed by atoms with Gasteiger partial charge < -0.3 is 9.47 Å². The second kappa shape index (κ2) is 8.55. The van der Waals surface area contributed by atoms with Gasteiger partial charge in [0.1, 0.15) is 0 Å². The highest BCUT2D eigenvalue weighted by Gasteiger charge is 2.32. The first kappa shape index (κ1) is 20.7. The first-order chi connectivity index (χ1) is 13.8. The van der Waals surface area contributed by atoms with E-state index < -0.39 is 11.8 Å². The van der Waals surface area contributed by atoms with E-state index in [2.05, 4.69) is 16.0 Å². The van der Waals surface area contributed by atoms with Crippen LogP contribution in [0.4, 0.5) is 0 Å². The van der Waals surface area contributed by atoms with E-state index in [4.69, 9.17) is 9.47 Å². The molecule has 0 saturated heterocycles. The number of rotatable bonds is 7. The van der Waals surface area contributed by atoms with Crippen LogP contribution in [0.15, 0.2) is 30.3 Å². The van der Waals surface area contributed by atoms with E-state index in [0.29, 0.717) is 24.0 Å². The van der Waals surface area contributed by atoms with Crippen molar-refractivity contribution in [2.45, 2.75) is 52.0 Å². The number of ether oxygens (including phenoxy) is 2. The van der Waals surface area contributed by atoms with Crippen molar-refractivity contribution in [2.75, 3.05) is 13.2 Å². The summed E-state index contributed by atoms with van der Waals surface area (Å²) < 4.78 is 12.8. The Hall–Kier alpha value is -3.03. The number of hydrogen-bond acceptors (Lipinski definition) is 5. The SMILES string of the molecule is CCOc1ccccc1OCC(=O)NNC(=O)c1cc(C2CC2)n(C(C)(C)C)n1. The summed E-state index contributed by atoms with van der Waals surface area (Å²) in [5.41, 5.74) is 5.88. The molecule has 1 aliphatic carbocycles. The Morgan fingerprint density at radius 3 is 2.38 bits per heavy atom. The highest BCUT2D eigenvalue weighted by Crippen LogP contribution is 2.41. The summed E-state index contributed by atoms with van der Waals surface area (Å²) in [7, 11) is 0. The fourth-order valence-electron chi connectivity index (χ4n) is 2.93. The molecule has 8 nitrogen and oxygen atoms in total. The van der Waals surface area contributed by atoms with Crippen molar-refractivity contribution in [2.24, 2.45) is 0 Å². The van der Waals surface area contributed by atoms with Crippen molar-refractivity contribution in [1.82, 2.24) is 20.6 Å². The zero-order valence-electron chi connectivity index (χ0n) is 17.3. The Bertz CT molecular complexity index is 881. The van der Waals surface area contributed by atoms with E-state index in [1.54, 1.807) is 24.3 Å². The molecule has 1 heterocycles. The molecule has 0 radical (unpaired) electrons. The lowest BCUT2D eigenvalue weighted by atomic mass is 10.1. The minimum atomic E-state index is -0.484. The van der Waals surface area contributed by atoms with Gasteiger partial charge in [0.2, 0.25) is 0 Å². The molecule has 1 saturated carbocycles. The topological polar surface area (TPSA) is 94.5 Å². The van der Waals surface area contributed by atoms with Gasteiger partial charge in [-0.1, -0.05) is 12.1 Å². The Kier molecular flexibility index (Phi) is 6.10. The number of carbonyl (C=O) groups excluding carboxylic acids is 2. The molecule has 0 atom stereocenters. The fourth-order valence-corrected chi connectivity index (χ4v) is 2.93.